The summed E-state index contributed by atoms with van der Waals surface area (Å²) in [7, 11) is -3.40. The second-order valence-corrected chi connectivity index (χ2v) is 8.15. The van der Waals surface area contributed by atoms with E-state index in [1.807, 2.05) is 0 Å². The third-order valence-electron chi connectivity index (χ3n) is 4.26. The van der Waals surface area contributed by atoms with Gasteiger partial charge in [0.15, 0.2) is 9.84 Å². The fourth-order valence-electron chi connectivity index (χ4n) is 2.94. The maximum atomic E-state index is 12.4. The Hall–Kier alpha value is -0.660. The van der Waals surface area contributed by atoms with Gasteiger partial charge < -0.3 is 14.6 Å². The van der Waals surface area contributed by atoms with Crippen LogP contribution in [0.25, 0.3) is 0 Å². The number of ether oxygens (including phenoxy) is 2. The molecule has 0 aromatic heterocycles. The zero-order chi connectivity index (χ0) is 14.8. The molecule has 1 N–H and O–H groups in total. The fraction of sp³-hybridized carbons (Fsp3) is 0.923. The lowest BCUT2D eigenvalue weighted by Crippen LogP contribution is -2.48. The fourth-order valence-corrected chi connectivity index (χ4v) is 5.06. The van der Waals surface area contributed by atoms with Crippen LogP contribution in [0.2, 0.25) is 0 Å². The van der Waals surface area contributed by atoms with E-state index in [4.69, 9.17) is 14.6 Å². The monoisotopic (exact) mass is 306 g/mol. The predicted molar refractivity (Wildman–Crippen MR) is 72.3 cm³/mol. The summed E-state index contributed by atoms with van der Waals surface area (Å²) < 4.78 is 35.9. The number of carboxylic acids is 1. The van der Waals surface area contributed by atoms with Crippen molar-refractivity contribution in [3.8, 4) is 0 Å². The minimum Gasteiger partial charge on any atom is -0.481 e. The van der Waals surface area contributed by atoms with Gasteiger partial charge in [-0.3, -0.25) is 4.79 Å². The highest BCUT2D eigenvalue weighted by Crippen LogP contribution is 2.37. The Morgan fingerprint density at radius 3 is 2.60 bits per heavy atom. The van der Waals surface area contributed by atoms with Gasteiger partial charge in [-0.05, 0) is 25.7 Å². The smallest absolute Gasteiger partial charge is 0.307 e. The number of sulfone groups is 1. The van der Waals surface area contributed by atoms with Crippen LogP contribution < -0.4 is 0 Å². The van der Waals surface area contributed by atoms with Gasteiger partial charge in [0.2, 0.25) is 0 Å². The van der Waals surface area contributed by atoms with Crippen LogP contribution in [0.4, 0.5) is 0 Å². The van der Waals surface area contributed by atoms with Crippen molar-refractivity contribution in [2.45, 2.75) is 43.5 Å². The lowest BCUT2D eigenvalue weighted by atomic mass is 9.86. The molecule has 2 saturated heterocycles. The molecular formula is C13H22O6S. The van der Waals surface area contributed by atoms with Gasteiger partial charge in [0.05, 0.1) is 22.5 Å². The molecule has 2 aliphatic rings. The summed E-state index contributed by atoms with van der Waals surface area (Å²) in [5.74, 6) is -2.23. The van der Waals surface area contributed by atoms with Crippen molar-refractivity contribution in [3.63, 3.8) is 0 Å². The van der Waals surface area contributed by atoms with Crippen molar-refractivity contribution in [1.29, 1.82) is 0 Å². The quantitative estimate of drug-likeness (QED) is 0.828. The van der Waals surface area contributed by atoms with Crippen LogP contribution in [0, 0.1) is 5.92 Å². The van der Waals surface area contributed by atoms with Gasteiger partial charge in [-0.2, -0.15) is 0 Å². The van der Waals surface area contributed by atoms with Gasteiger partial charge in [0, 0.05) is 19.8 Å². The van der Waals surface area contributed by atoms with Crippen molar-refractivity contribution in [2.75, 3.05) is 25.6 Å². The summed E-state index contributed by atoms with van der Waals surface area (Å²) in [6, 6.07) is 0. The third kappa shape index (κ3) is 3.51. The number of carbonyl (C=O) groups is 1. The number of hydrogen-bond donors (Lipinski definition) is 1. The molecule has 2 fully saturated rings. The molecule has 7 heteroatoms. The van der Waals surface area contributed by atoms with Crippen LogP contribution >= 0.6 is 0 Å². The maximum absolute atomic E-state index is 12.4. The highest BCUT2D eigenvalue weighted by molar-refractivity contribution is 7.92. The van der Waals surface area contributed by atoms with Crippen LogP contribution in [0.5, 0.6) is 0 Å². The second-order valence-electron chi connectivity index (χ2n) is 5.83. The number of hydrogen-bond acceptors (Lipinski definition) is 5. The molecule has 0 aromatic carbocycles. The molecule has 0 aliphatic carbocycles. The summed E-state index contributed by atoms with van der Waals surface area (Å²) in [6.07, 6.45) is 2.35. The third-order valence-corrected chi connectivity index (χ3v) is 6.65. The average Bonchev–Trinajstić information content (AvgIpc) is 2.39. The highest BCUT2D eigenvalue weighted by atomic mass is 32.2. The molecule has 6 nitrogen and oxygen atoms in total. The molecule has 0 bridgehead atoms. The lowest BCUT2D eigenvalue weighted by Gasteiger charge is -2.43. The zero-order valence-corrected chi connectivity index (χ0v) is 12.5. The first-order valence-corrected chi connectivity index (χ1v) is 8.72. The van der Waals surface area contributed by atoms with Crippen LogP contribution in [0.3, 0.4) is 0 Å². The van der Waals surface area contributed by atoms with Crippen molar-refractivity contribution < 1.29 is 27.8 Å². The summed E-state index contributed by atoms with van der Waals surface area (Å²) in [4.78, 5) is 10.8. The summed E-state index contributed by atoms with van der Waals surface area (Å²) in [5.41, 5.74) is -0.388. The van der Waals surface area contributed by atoms with E-state index < -0.39 is 27.0 Å². The van der Waals surface area contributed by atoms with Crippen LogP contribution in [0.15, 0.2) is 0 Å². The van der Waals surface area contributed by atoms with Crippen LogP contribution in [-0.4, -0.2) is 55.9 Å². The highest BCUT2D eigenvalue weighted by Gasteiger charge is 2.43. The van der Waals surface area contributed by atoms with Crippen molar-refractivity contribution in [2.24, 2.45) is 5.92 Å². The zero-order valence-electron chi connectivity index (χ0n) is 11.7. The number of aliphatic carboxylic acids is 1. The lowest BCUT2D eigenvalue weighted by molar-refractivity contribution is -0.140. The minimum absolute atomic E-state index is 0.292. The Morgan fingerprint density at radius 2 is 2.00 bits per heavy atom. The summed E-state index contributed by atoms with van der Waals surface area (Å²) >= 11 is 0. The summed E-state index contributed by atoms with van der Waals surface area (Å²) in [5, 5.41) is 8.39. The predicted octanol–water partition coefficient (Wildman–Crippen LogP) is 0.850. The van der Waals surface area contributed by atoms with Gasteiger partial charge in [0.1, 0.15) is 0 Å². The molecule has 0 amide bonds. The molecule has 20 heavy (non-hydrogen) atoms. The standard InChI is InChI=1S/C13H22O6S/c1-10(12(14)15)9-20(16,17)11-2-5-19-13(8-11)3-6-18-7-4-13/h10-11H,2-9H2,1H3,(H,14,15). The molecule has 0 aromatic rings. The van der Waals surface area contributed by atoms with Gasteiger partial charge in [0.25, 0.3) is 0 Å². The molecule has 1 spiro atoms. The van der Waals surface area contributed by atoms with Gasteiger partial charge in [-0.1, -0.05) is 6.92 Å². The molecular weight excluding hydrogens is 284 g/mol. The van der Waals surface area contributed by atoms with Gasteiger partial charge in [-0.25, -0.2) is 8.42 Å². The van der Waals surface area contributed by atoms with Gasteiger partial charge >= 0.3 is 5.97 Å². The maximum Gasteiger partial charge on any atom is 0.307 e. The Bertz CT molecular complexity index is 446. The molecule has 0 saturated carbocycles. The number of carboxylic acid groups (broad SMARTS) is 1. The average molecular weight is 306 g/mol. The first kappa shape index (κ1) is 15.7. The Labute approximate surface area is 119 Å². The van der Waals surface area contributed by atoms with Crippen LogP contribution in [0.1, 0.15) is 32.6 Å². The Kier molecular flexibility index (Phi) is 4.71. The molecule has 2 atom stereocenters. The molecule has 2 rings (SSSR count). The molecule has 2 aliphatic heterocycles. The van der Waals surface area contributed by atoms with Crippen molar-refractivity contribution in [1.82, 2.24) is 0 Å². The van der Waals surface area contributed by atoms with E-state index in [2.05, 4.69) is 0 Å². The van der Waals surface area contributed by atoms with Crippen LogP contribution in [-0.2, 0) is 24.1 Å². The molecule has 116 valence electrons. The van der Waals surface area contributed by atoms with E-state index in [1.165, 1.54) is 6.92 Å². The van der Waals surface area contributed by atoms with E-state index in [1.54, 1.807) is 0 Å². The normalized spacial score (nSPS) is 28.1. The molecule has 2 unspecified atom stereocenters. The SMILES string of the molecule is CC(CS(=O)(=O)C1CCOC2(CCOCC2)C1)C(=O)O. The Balaban J connectivity index is 2.05. The van der Waals surface area contributed by atoms with Crippen molar-refractivity contribution >= 4 is 15.8 Å². The van der Waals surface area contributed by atoms with Gasteiger partial charge in [-0.15, -0.1) is 0 Å². The second kappa shape index (κ2) is 5.99. The molecule has 2 heterocycles. The van der Waals surface area contributed by atoms with Crippen molar-refractivity contribution in [3.05, 3.63) is 0 Å². The molecule has 0 radical (unpaired) electrons. The number of rotatable bonds is 4. The Morgan fingerprint density at radius 1 is 1.35 bits per heavy atom. The minimum atomic E-state index is -3.40. The topological polar surface area (TPSA) is 89.9 Å². The van der Waals surface area contributed by atoms with E-state index >= 15 is 0 Å². The first-order chi connectivity index (χ1) is 9.35. The summed E-state index contributed by atoms with van der Waals surface area (Å²) in [6.45, 7) is 3.05. The van der Waals surface area contributed by atoms with E-state index in [9.17, 15) is 13.2 Å². The van der Waals surface area contributed by atoms with E-state index in [0.29, 0.717) is 45.5 Å². The van der Waals surface area contributed by atoms with E-state index in [-0.39, 0.29) is 11.4 Å². The largest absolute Gasteiger partial charge is 0.481 e. The first-order valence-electron chi connectivity index (χ1n) is 7.01. The van der Waals surface area contributed by atoms with E-state index in [0.717, 1.165) is 0 Å².